The fourth-order valence-electron chi connectivity index (χ4n) is 2.96. The molecule has 0 heterocycles. The van der Waals surface area contributed by atoms with E-state index < -0.39 is 0 Å². The molecule has 0 aliphatic heterocycles. The van der Waals surface area contributed by atoms with Crippen LogP contribution in [0.1, 0.15) is 17.5 Å². The van der Waals surface area contributed by atoms with E-state index in [0.29, 0.717) is 0 Å². The van der Waals surface area contributed by atoms with Gasteiger partial charge in [0.2, 0.25) is 0 Å². The zero-order chi connectivity index (χ0) is 13.5. The van der Waals surface area contributed by atoms with Gasteiger partial charge in [-0.3, -0.25) is 4.79 Å². The first kappa shape index (κ1) is 12.0. The highest BCUT2D eigenvalue weighted by Crippen LogP contribution is 2.46. The van der Waals surface area contributed by atoms with Gasteiger partial charge in [-0.15, -0.1) is 0 Å². The summed E-state index contributed by atoms with van der Waals surface area (Å²) >= 11 is 0. The summed E-state index contributed by atoms with van der Waals surface area (Å²) in [6.45, 7) is 0. The van der Waals surface area contributed by atoms with Crippen LogP contribution in [0.3, 0.4) is 0 Å². The lowest BCUT2D eigenvalue weighted by Crippen LogP contribution is -2.20. The standard InChI is InChI=1S/C16H16O3/c1-18-14-9-11-3-6-16(7-4-12(17)5-8-16)13(11)10-15(14)19-2/h4-5,7-10H,3,6H2,1-2H3. The monoisotopic (exact) mass is 256 g/mol. The Kier molecular flexibility index (Phi) is 2.70. The second-order valence-corrected chi connectivity index (χ2v) is 4.97. The normalized spacial score (nSPS) is 18.7. The Morgan fingerprint density at radius 3 is 2.32 bits per heavy atom. The number of fused-ring (bicyclic) bond motifs is 2. The van der Waals surface area contributed by atoms with Crippen LogP contribution in [-0.4, -0.2) is 20.0 Å². The molecule has 0 saturated carbocycles. The largest absolute Gasteiger partial charge is 0.493 e. The average Bonchev–Trinajstić information content (AvgIpc) is 2.79. The van der Waals surface area contributed by atoms with Gasteiger partial charge >= 0.3 is 0 Å². The van der Waals surface area contributed by atoms with Crippen LogP contribution in [0.15, 0.2) is 36.4 Å². The molecule has 0 saturated heterocycles. The molecule has 1 spiro atoms. The highest BCUT2D eigenvalue weighted by Gasteiger charge is 2.36. The van der Waals surface area contributed by atoms with Crippen LogP contribution in [-0.2, 0) is 16.6 Å². The molecule has 1 aromatic carbocycles. The van der Waals surface area contributed by atoms with Crippen LogP contribution in [0, 0.1) is 0 Å². The molecule has 0 amide bonds. The van der Waals surface area contributed by atoms with Crippen molar-refractivity contribution in [2.24, 2.45) is 0 Å². The molecule has 98 valence electrons. The van der Waals surface area contributed by atoms with Crippen LogP contribution in [0.25, 0.3) is 0 Å². The Hall–Kier alpha value is -2.03. The number of hydrogen-bond donors (Lipinski definition) is 0. The van der Waals surface area contributed by atoms with E-state index in [-0.39, 0.29) is 11.2 Å². The van der Waals surface area contributed by atoms with E-state index in [4.69, 9.17) is 9.47 Å². The van der Waals surface area contributed by atoms with Gasteiger partial charge in [-0.2, -0.15) is 0 Å². The Balaban J connectivity index is 2.13. The number of allylic oxidation sites excluding steroid dienone is 4. The van der Waals surface area contributed by atoms with E-state index in [1.165, 1.54) is 11.1 Å². The molecule has 0 bridgehead atoms. The average molecular weight is 256 g/mol. The zero-order valence-corrected chi connectivity index (χ0v) is 11.1. The minimum Gasteiger partial charge on any atom is -0.493 e. The minimum absolute atomic E-state index is 0.0551. The first-order chi connectivity index (χ1) is 9.18. The van der Waals surface area contributed by atoms with Gasteiger partial charge in [0.25, 0.3) is 0 Å². The number of benzene rings is 1. The summed E-state index contributed by atoms with van der Waals surface area (Å²) in [5.41, 5.74) is 2.33. The lowest BCUT2D eigenvalue weighted by molar-refractivity contribution is -0.110. The molecular formula is C16H16O3. The molecule has 0 atom stereocenters. The third kappa shape index (κ3) is 1.77. The summed E-state index contributed by atoms with van der Waals surface area (Å²) in [6.07, 6.45) is 9.30. The molecule has 0 N–H and O–H groups in total. The second kappa shape index (κ2) is 4.26. The molecule has 3 rings (SSSR count). The summed E-state index contributed by atoms with van der Waals surface area (Å²) in [6, 6.07) is 4.08. The zero-order valence-electron chi connectivity index (χ0n) is 11.1. The van der Waals surface area contributed by atoms with Crippen molar-refractivity contribution >= 4 is 5.78 Å². The van der Waals surface area contributed by atoms with E-state index in [1.54, 1.807) is 26.4 Å². The van der Waals surface area contributed by atoms with Gasteiger partial charge in [0, 0.05) is 5.41 Å². The first-order valence-corrected chi connectivity index (χ1v) is 6.36. The SMILES string of the molecule is COc1cc2c(cc1OC)C1(C=CC(=O)C=C1)CC2. The van der Waals surface area contributed by atoms with Crippen molar-refractivity contribution in [3.63, 3.8) is 0 Å². The topological polar surface area (TPSA) is 35.5 Å². The molecule has 2 aliphatic rings. The van der Waals surface area contributed by atoms with Gasteiger partial charge in [-0.1, -0.05) is 12.2 Å². The predicted octanol–water partition coefficient (Wildman–Crippen LogP) is 2.58. The maximum absolute atomic E-state index is 11.3. The van der Waals surface area contributed by atoms with Crippen molar-refractivity contribution in [2.45, 2.75) is 18.3 Å². The quantitative estimate of drug-likeness (QED) is 0.816. The van der Waals surface area contributed by atoms with Gasteiger partial charge in [-0.05, 0) is 48.3 Å². The molecule has 1 aromatic rings. The van der Waals surface area contributed by atoms with Gasteiger partial charge in [0.15, 0.2) is 17.3 Å². The van der Waals surface area contributed by atoms with E-state index >= 15 is 0 Å². The number of ketones is 1. The van der Waals surface area contributed by atoms with Crippen molar-refractivity contribution in [3.05, 3.63) is 47.6 Å². The molecular weight excluding hydrogens is 240 g/mol. The van der Waals surface area contributed by atoms with E-state index in [0.717, 1.165) is 24.3 Å². The van der Waals surface area contributed by atoms with Crippen LogP contribution < -0.4 is 9.47 Å². The summed E-state index contributed by atoms with van der Waals surface area (Å²) < 4.78 is 10.7. The molecule has 2 aliphatic carbocycles. The molecule has 0 unspecified atom stereocenters. The second-order valence-electron chi connectivity index (χ2n) is 4.97. The van der Waals surface area contributed by atoms with Crippen LogP contribution in [0.2, 0.25) is 0 Å². The van der Waals surface area contributed by atoms with Crippen molar-refractivity contribution in [3.8, 4) is 11.5 Å². The third-order valence-electron chi connectivity index (χ3n) is 4.01. The summed E-state index contributed by atoms with van der Waals surface area (Å²) in [7, 11) is 3.29. The fraction of sp³-hybridized carbons (Fsp3) is 0.312. The number of carbonyl (C=O) groups is 1. The first-order valence-electron chi connectivity index (χ1n) is 6.36. The molecule has 0 fully saturated rings. The number of methoxy groups -OCH3 is 2. The number of carbonyl (C=O) groups excluding carboxylic acids is 1. The Labute approximate surface area is 112 Å². The highest BCUT2D eigenvalue weighted by molar-refractivity contribution is 6.00. The molecule has 0 aromatic heterocycles. The number of rotatable bonds is 2. The number of aryl methyl sites for hydroxylation is 1. The smallest absolute Gasteiger partial charge is 0.178 e. The van der Waals surface area contributed by atoms with Gasteiger partial charge in [-0.25, -0.2) is 0 Å². The van der Waals surface area contributed by atoms with Crippen molar-refractivity contribution in [1.82, 2.24) is 0 Å². The maximum atomic E-state index is 11.3. The Morgan fingerprint density at radius 1 is 1.05 bits per heavy atom. The molecule has 3 nitrogen and oxygen atoms in total. The maximum Gasteiger partial charge on any atom is 0.178 e. The number of hydrogen-bond acceptors (Lipinski definition) is 3. The van der Waals surface area contributed by atoms with Crippen molar-refractivity contribution in [2.75, 3.05) is 14.2 Å². The van der Waals surface area contributed by atoms with Crippen LogP contribution >= 0.6 is 0 Å². The summed E-state index contributed by atoms with van der Waals surface area (Å²) in [5, 5.41) is 0. The predicted molar refractivity (Wildman–Crippen MR) is 72.8 cm³/mol. The third-order valence-corrected chi connectivity index (χ3v) is 4.01. The van der Waals surface area contributed by atoms with Gasteiger partial charge in [0.1, 0.15) is 0 Å². The van der Waals surface area contributed by atoms with Gasteiger partial charge in [0.05, 0.1) is 14.2 Å². The van der Waals surface area contributed by atoms with Crippen molar-refractivity contribution in [1.29, 1.82) is 0 Å². The fourth-order valence-corrected chi connectivity index (χ4v) is 2.96. The summed E-state index contributed by atoms with van der Waals surface area (Å²) in [4.78, 5) is 11.3. The summed E-state index contributed by atoms with van der Waals surface area (Å²) in [5.74, 6) is 1.55. The van der Waals surface area contributed by atoms with E-state index in [9.17, 15) is 4.79 Å². The van der Waals surface area contributed by atoms with Gasteiger partial charge < -0.3 is 9.47 Å². The molecule has 3 heteroatoms. The minimum atomic E-state index is -0.150. The van der Waals surface area contributed by atoms with E-state index in [2.05, 4.69) is 0 Å². The van der Waals surface area contributed by atoms with E-state index in [1.807, 2.05) is 24.3 Å². The lowest BCUT2D eigenvalue weighted by atomic mass is 9.78. The van der Waals surface area contributed by atoms with Crippen molar-refractivity contribution < 1.29 is 14.3 Å². The lowest BCUT2D eigenvalue weighted by Gasteiger charge is -2.25. The Morgan fingerprint density at radius 2 is 1.68 bits per heavy atom. The molecule has 19 heavy (non-hydrogen) atoms. The van der Waals surface area contributed by atoms with Crippen LogP contribution in [0.4, 0.5) is 0 Å². The molecule has 0 radical (unpaired) electrons. The van der Waals surface area contributed by atoms with Crippen LogP contribution in [0.5, 0.6) is 11.5 Å². The highest BCUT2D eigenvalue weighted by atomic mass is 16.5. The Bertz CT molecular complexity index is 580. The number of ether oxygens (including phenoxy) is 2.